The summed E-state index contributed by atoms with van der Waals surface area (Å²) in [6.07, 6.45) is 7.86. The van der Waals surface area contributed by atoms with Crippen LogP contribution in [0.3, 0.4) is 0 Å². The second-order valence-electron chi connectivity index (χ2n) is 21.0. The average molecular weight is 1040 g/mol. The molecule has 11 aromatic carbocycles. The van der Waals surface area contributed by atoms with E-state index in [4.69, 9.17) is 23.8 Å². The third-order valence-corrected chi connectivity index (χ3v) is 16.2. The first-order valence-electron chi connectivity index (χ1n) is 27.6. The van der Waals surface area contributed by atoms with Gasteiger partial charge < -0.3 is 13.4 Å². The minimum atomic E-state index is -0.0266. The first-order chi connectivity index (χ1) is 40.1. The molecule has 0 saturated carbocycles. The van der Waals surface area contributed by atoms with Crippen molar-refractivity contribution in [3.05, 3.63) is 284 Å². The number of benzene rings is 11. The first kappa shape index (κ1) is 46.4. The van der Waals surface area contributed by atoms with E-state index in [1.807, 2.05) is 36.4 Å². The maximum atomic E-state index is 6.48. The van der Waals surface area contributed by atoms with Gasteiger partial charge in [-0.05, 0) is 118 Å². The molecule has 0 saturated heterocycles. The summed E-state index contributed by atoms with van der Waals surface area (Å²) in [5.41, 5.74) is 19.4. The van der Waals surface area contributed by atoms with Crippen LogP contribution in [0.4, 0.5) is 0 Å². The molecule has 1 aliphatic carbocycles. The lowest BCUT2D eigenvalue weighted by Gasteiger charge is -2.25. The van der Waals surface area contributed by atoms with Gasteiger partial charge in [0.05, 0.1) is 16.7 Å². The highest BCUT2D eigenvalue weighted by molar-refractivity contribution is 6.12. The highest BCUT2D eigenvalue weighted by atomic mass is 16.3. The molecular formula is C75H48N4O2. The molecule has 0 amide bonds. The van der Waals surface area contributed by atoms with E-state index in [9.17, 15) is 0 Å². The third-order valence-electron chi connectivity index (χ3n) is 16.2. The fourth-order valence-corrected chi connectivity index (χ4v) is 12.2. The topological polar surface area (TPSA) is 69.9 Å². The molecule has 0 spiro atoms. The molecule has 0 N–H and O–H groups in total. The van der Waals surface area contributed by atoms with Gasteiger partial charge in [0.15, 0.2) is 17.5 Å². The summed E-state index contributed by atoms with van der Waals surface area (Å²) in [4.78, 5) is 16.3. The third kappa shape index (κ3) is 8.07. The van der Waals surface area contributed by atoms with Gasteiger partial charge in [0.25, 0.3) is 0 Å². The Labute approximate surface area is 466 Å². The molecule has 0 fully saturated rings. The largest absolute Gasteiger partial charge is 0.456 e. The molecule has 4 heterocycles. The highest BCUT2D eigenvalue weighted by Crippen LogP contribution is 2.46. The summed E-state index contributed by atoms with van der Waals surface area (Å²) < 4.78 is 15.5. The SMILES string of the molecule is C1=C[C@@H](c2cc(-c3nc(-c4ccc5c(c4)oc4ccccc45)nc(-c4ccc5c(c4)oc4ccccc45)n3)cc(-c3ccc(-c4ccccc4)cc3)c2-n2c3ccccc3c3cc(-c4ccccc4)ccc32)CC=C1c1ccccc1. The van der Waals surface area contributed by atoms with Crippen molar-refractivity contribution >= 4 is 71.3 Å². The Bertz CT molecular complexity index is 4880. The lowest BCUT2D eigenvalue weighted by atomic mass is 9.84. The van der Waals surface area contributed by atoms with Crippen LogP contribution in [0, 0.1) is 0 Å². The minimum absolute atomic E-state index is 0.0266. The molecular weight excluding hydrogens is 989 g/mol. The van der Waals surface area contributed by atoms with E-state index >= 15 is 0 Å². The lowest BCUT2D eigenvalue weighted by molar-refractivity contribution is 0.668. The van der Waals surface area contributed by atoms with Crippen molar-refractivity contribution in [3.8, 4) is 73.2 Å². The molecule has 0 aliphatic heterocycles. The van der Waals surface area contributed by atoms with Crippen LogP contribution < -0.4 is 0 Å². The maximum absolute atomic E-state index is 6.48. The fraction of sp³-hybridized carbons (Fsp3) is 0.0267. The number of aromatic nitrogens is 4. The summed E-state index contributed by atoms with van der Waals surface area (Å²) in [7, 11) is 0. The maximum Gasteiger partial charge on any atom is 0.164 e. The van der Waals surface area contributed by atoms with Gasteiger partial charge in [-0.3, -0.25) is 0 Å². The summed E-state index contributed by atoms with van der Waals surface area (Å²) in [6.45, 7) is 0. The van der Waals surface area contributed by atoms with Crippen LogP contribution >= 0.6 is 0 Å². The van der Waals surface area contributed by atoms with Crippen LogP contribution in [0.2, 0.25) is 0 Å². The zero-order valence-corrected chi connectivity index (χ0v) is 43.9. The monoisotopic (exact) mass is 1040 g/mol. The molecule has 0 bridgehead atoms. The van der Waals surface area contributed by atoms with Crippen molar-refractivity contribution < 1.29 is 8.83 Å². The molecule has 0 unspecified atom stereocenters. The van der Waals surface area contributed by atoms with E-state index in [-0.39, 0.29) is 5.92 Å². The van der Waals surface area contributed by atoms with Crippen molar-refractivity contribution in [2.75, 3.05) is 0 Å². The van der Waals surface area contributed by atoms with E-state index in [1.165, 1.54) is 33.0 Å². The van der Waals surface area contributed by atoms with Crippen LogP contribution in [0.1, 0.15) is 23.5 Å². The van der Waals surface area contributed by atoms with Crippen LogP contribution in [0.15, 0.2) is 282 Å². The molecule has 4 aromatic heterocycles. The number of hydrogen-bond acceptors (Lipinski definition) is 5. The zero-order valence-electron chi connectivity index (χ0n) is 43.9. The Morgan fingerprint density at radius 2 is 0.802 bits per heavy atom. The van der Waals surface area contributed by atoms with E-state index in [2.05, 4.69) is 241 Å². The van der Waals surface area contributed by atoms with Crippen molar-refractivity contribution in [2.24, 2.45) is 0 Å². The Morgan fingerprint density at radius 1 is 0.333 bits per heavy atom. The Kier molecular flexibility index (Phi) is 10.9. The smallest absolute Gasteiger partial charge is 0.164 e. The predicted octanol–water partition coefficient (Wildman–Crippen LogP) is 19.9. The van der Waals surface area contributed by atoms with Gasteiger partial charge in [-0.2, -0.15) is 0 Å². The molecule has 81 heavy (non-hydrogen) atoms. The van der Waals surface area contributed by atoms with Crippen molar-refractivity contribution in [3.63, 3.8) is 0 Å². The standard InChI is InChI=1S/C75H48N4O2/c1-4-16-47(17-5-1)50-28-32-52(33-29-50)63-43-57(75-77-73(55-36-39-61-59-23-11-14-26-68(59)80-70(61)45-55)76-74(78-75)56-37-40-62-60-24-12-15-27-69(60)81-71(62)46-56)44-64(53-34-30-51(31-35-53)48-18-6-2-7-19-48)72(63)79-66-25-13-10-22-58(66)65-42-54(38-41-67(65)79)49-20-8-3-9-21-49/h1-34,36-46,53H,35H2/t53-/m1/s1. The van der Waals surface area contributed by atoms with Gasteiger partial charge >= 0.3 is 0 Å². The second-order valence-corrected chi connectivity index (χ2v) is 21.0. The quantitative estimate of drug-likeness (QED) is 0.144. The average Bonchev–Trinajstić information content (AvgIpc) is 4.37. The minimum Gasteiger partial charge on any atom is -0.456 e. The summed E-state index contributed by atoms with van der Waals surface area (Å²) in [5, 5.41) is 6.57. The van der Waals surface area contributed by atoms with Crippen molar-refractivity contribution in [1.82, 2.24) is 19.5 Å². The number of para-hydroxylation sites is 3. The summed E-state index contributed by atoms with van der Waals surface area (Å²) in [6, 6.07) is 90.3. The molecule has 6 nitrogen and oxygen atoms in total. The Hall–Kier alpha value is -10.7. The summed E-state index contributed by atoms with van der Waals surface area (Å²) in [5.74, 6) is 1.59. The molecule has 1 atom stereocenters. The van der Waals surface area contributed by atoms with Crippen LogP contribution in [0.5, 0.6) is 0 Å². The van der Waals surface area contributed by atoms with E-state index in [0.29, 0.717) is 17.5 Å². The van der Waals surface area contributed by atoms with Gasteiger partial charge in [-0.25, -0.2) is 15.0 Å². The molecule has 1 aliphatic rings. The fourth-order valence-electron chi connectivity index (χ4n) is 12.2. The van der Waals surface area contributed by atoms with Crippen molar-refractivity contribution in [2.45, 2.75) is 12.3 Å². The van der Waals surface area contributed by atoms with Crippen LogP contribution in [-0.4, -0.2) is 19.5 Å². The number of rotatable bonds is 9. The van der Waals surface area contributed by atoms with Crippen LogP contribution in [-0.2, 0) is 0 Å². The Balaban J connectivity index is 0.967. The van der Waals surface area contributed by atoms with Gasteiger partial charge in [0.1, 0.15) is 22.3 Å². The predicted molar refractivity (Wildman–Crippen MR) is 332 cm³/mol. The number of fused-ring (bicyclic) bond motifs is 9. The summed E-state index contributed by atoms with van der Waals surface area (Å²) >= 11 is 0. The van der Waals surface area contributed by atoms with Gasteiger partial charge in [-0.1, -0.05) is 206 Å². The Morgan fingerprint density at radius 3 is 1.41 bits per heavy atom. The molecule has 0 radical (unpaired) electrons. The van der Waals surface area contributed by atoms with E-state index in [1.54, 1.807) is 0 Å². The van der Waals surface area contributed by atoms with Gasteiger partial charge in [0, 0.05) is 60.5 Å². The molecule has 380 valence electrons. The molecule has 15 aromatic rings. The van der Waals surface area contributed by atoms with Crippen LogP contribution in [0.25, 0.3) is 144 Å². The normalized spacial score (nSPS) is 13.5. The highest BCUT2D eigenvalue weighted by Gasteiger charge is 2.27. The number of allylic oxidation sites excluding steroid dienone is 4. The zero-order chi connectivity index (χ0) is 53.4. The van der Waals surface area contributed by atoms with Gasteiger partial charge in [-0.15, -0.1) is 0 Å². The second kappa shape index (κ2) is 19.0. The number of nitrogens with zero attached hydrogens (tertiary/aromatic N) is 4. The number of hydrogen-bond donors (Lipinski definition) is 0. The van der Waals surface area contributed by atoms with E-state index < -0.39 is 0 Å². The molecule has 6 heteroatoms. The first-order valence-corrected chi connectivity index (χ1v) is 27.6. The van der Waals surface area contributed by atoms with Crippen molar-refractivity contribution in [1.29, 1.82) is 0 Å². The molecule has 16 rings (SSSR count). The van der Waals surface area contributed by atoms with E-state index in [0.717, 1.165) is 112 Å². The number of furan rings is 2. The van der Waals surface area contributed by atoms with Gasteiger partial charge in [0.2, 0.25) is 0 Å². The lowest BCUT2D eigenvalue weighted by Crippen LogP contribution is -2.09.